The fourth-order valence-corrected chi connectivity index (χ4v) is 3.51. The Labute approximate surface area is 100 Å². The maximum absolute atomic E-state index is 5.43. The van der Waals surface area contributed by atoms with Crippen molar-refractivity contribution < 1.29 is 4.74 Å². The Morgan fingerprint density at radius 1 is 1.50 bits per heavy atom. The van der Waals surface area contributed by atoms with E-state index in [9.17, 15) is 0 Å². The summed E-state index contributed by atoms with van der Waals surface area (Å²) in [4.78, 5) is 6.22. The van der Waals surface area contributed by atoms with Crippen LogP contribution in [0.3, 0.4) is 0 Å². The fourth-order valence-electron chi connectivity index (χ4n) is 2.41. The zero-order valence-electron chi connectivity index (χ0n) is 9.71. The largest absolute Gasteiger partial charge is 0.379 e. The van der Waals surface area contributed by atoms with E-state index in [2.05, 4.69) is 12.2 Å². The summed E-state index contributed by atoms with van der Waals surface area (Å²) in [5.74, 6) is 0. The lowest BCUT2D eigenvalue weighted by atomic mass is 10.0. The molecule has 0 saturated carbocycles. The molecule has 0 aromatic carbocycles. The number of ether oxygens (including phenoxy) is 1. The standard InChI is InChI=1S/C12H18N2OS/c1-12(5-6-15-8-12)13-7-11-14-9-3-2-4-10(9)16-11/h13H,2-8H2,1H3. The van der Waals surface area contributed by atoms with Crippen LogP contribution in [0.1, 0.15) is 35.3 Å². The number of hydrogen-bond acceptors (Lipinski definition) is 4. The van der Waals surface area contributed by atoms with Gasteiger partial charge in [0.05, 0.1) is 12.3 Å². The molecule has 1 aromatic rings. The van der Waals surface area contributed by atoms with E-state index in [-0.39, 0.29) is 5.54 Å². The Morgan fingerprint density at radius 3 is 3.19 bits per heavy atom. The van der Waals surface area contributed by atoms with Gasteiger partial charge >= 0.3 is 0 Å². The molecule has 4 heteroatoms. The quantitative estimate of drug-likeness (QED) is 0.873. The van der Waals surface area contributed by atoms with Gasteiger partial charge in [0.15, 0.2) is 0 Å². The number of rotatable bonds is 3. The van der Waals surface area contributed by atoms with Gasteiger partial charge in [-0.25, -0.2) is 4.98 Å². The smallest absolute Gasteiger partial charge is 0.107 e. The Hall–Kier alpha value is -0.450. The van der Waals surface area contributed by atoms with Gasteiger partial charge in [-0.2, -0.15) is 0 Å². The van der Waals surface area contributed by atoms with Crippen molar-refractivity contribution in [3.05, 3.63) is 15.6 Å². The van der Waals surface area contributed by atoms with Gasteiger partial charge < -0.3 is 10.1 Å². The third-order valence-electron chi connectivity index (χ3n) is 3.53. The van der Waals surface area contributed by atoms with Gasteiger partial charge in [0.2, 0.25) is 0 Å². The maximum Gasteiger partial charge on any atom is 0.107 e. The predicted octanol–water partition coefficient (Wildman–Crippen LogP) is 1.90. The predicted molar refractivity (Wildman–Crippen MR) is 64.8 cm³/mol. The molecule has 1 aliphatic heterocycles. The zero-order valence-corrected chi connectivity index (χ0v) is 10.5. The highest BCUT2D eigenvalue weighted by atomic mass is 32.1. The summed E-state index contributed by atoms with van der Waals surface area (Å²) in [5.41, 5.74) is 1.52. The summed E-state index contributed by atoms with van der Waals surface area (Å²) in [6.07, 6.45) is 4.84. The molecule has 1 unspecified atom stereocenters. The van der Waals surface area contributed by atoms with Crippen LogP contribution >= 0.6 is 11.3 Å². The van der Waals surface area contributed by atoms with E-state index in [0.717, 1.165) is 26.2 Å². The van der Waals surface area contributed by atoms with Gasteiger partial charge in [-0.3, -0.25) is 0 Å². The average molecular weight is 238 g/mol. The molecule has 1 atom stereocenters. The SMILES string of the molecule is CC1(NCc2nc3c(s2)CCC3)CCOC1. The fraction of sp³-hybridized carbons (Fsp3) is 0.750. The summed E-state index contributed by atoms with van der Waals surface area (Å²) in [6.45, 7) is 4.86. The number of aryl methyl sites for hydroxylation is 2. The van der Waals surface area contributed by atoms with E-state index in [0.29, 0.717) is 0 Å². The molecule has 0 spiro atoms. The molecule has 3 rings (SSSR count). The van der Waals surface area contributed by atoms with Gasteiger partial charge in [-0.05, 0) is 32.6 Å². The summed E-state index contributed by atoms with van der Waals surface area (Å²) >= 11 is 1.89. The number of hydrogen-bond donors (Lipinski definition) is 1. The second-order valence-corrected chi connectivity index (χ2v) is 6.22. The second kappa shape index (κ2) is 4.09. The first-order chi connectivity index (χ1) is 7.75. The Balaban J connectivity index is 1.62. The Kier molecular flexibility index (Phi) is 2.73. The van der Waals surface area contributed by atoms with E-state index in [1.165, 1.54) is 34.8 Å². The van der Waals surface area contributed by atoms with Gasteiger partial charge in [0, 0.05) is 23.6 Å². The monoisotopic (exact) mass is 238 g/mol. The van der Waals surface area contributed by atoms with Crippen LogP contribution in [0, 0.1) is 0 Å². The van der Waals surface area contributed by atoms with Crippen LogP contribution in [0.5, 0.6) is 0 Å². The minimum atomic E-state index is 0.163. The summed E-state index contributed by atoms with van der Waals surface area (Å²) in [7, 11) is 0. The third kappa shape index (κ3) is 2.01. The highest BCUT2D eigenvalue weighted by Crippen LogP contribution is 2.28. The van der Waals surface area contributed by atoms with E-state index in [1.54, 1.807) is 0 Å². The van der Waals surface area contributed by atoms with Gasteiger partial charge in [0.1, 0.15) is 5.01 Å². The van der Waals surface area contributed by atoms with Crippen LogP contribution in [-0.2, 0) is 24.1 Å². The van der Waals surface area contributed by atoms with E-state index >= 15 is 0 Å². The molecule has 0 bridgehead atoms. The summed E-state index contributed by atoms with van der Waals surface area (Å²) in [6, 6.07) is 0. The highest BCUT2D eigenvalue weighted by molar-refractivity contribution is 7.11. The van der Waals surface area contributed by atoms with Gasteiger partial charge in [-0.15, -0.1) is 11.3 Å². The topological polar surface area (TPSA) is 34.2 Å². The molecule has 1 saturated heterocycles. The van der Waals surface area contributed by atoms with Crippen molar-refractivity contribution in [2.24, 2.45) is 0 Å². The number of aromatic nitrogens is 1. The van der Waals surface area contributed by atoms with Crippen LogP contribution in [0.25, 0.3) is 0 Å². The molecule has 1 fully saturated rings. The van der Waals surface area contributed by atoms with Crippen molar-refractivity contribution in [3.63, 3.8) is 0 Å². The zero-order chi connectivity index (χ0) is 11.0. The number of thiazole rings is 1. The molecule has 2 aliphatic rings. The lowest BCUT2D eigenvalue weighted by Gasteiger charge is -2.22. The van der Waals surface area contributed by atoms with Crippen LogP contribution in [0.2, 0.25) is 0 Å². The van der Waals surface area contributed by atoms with Crippen molar-refractivity contribution in [2.45, 2.75) is 44.7 Å². The van der Waals surface area contributed by atoms with Crippen molar-refractivity contribution in [2.75, 3.05) is 13.2 Å². The summed E-state index contributed by atoms with van der Waals surface area (Å²) < 4.78 is 5.43. The third-order valence-corrected chi connectivity index (χ3v) is 4.68. The van der Waals surface area contributed by atoms with Crippen molar-refractivity contribution in [3.8, 4) is 0 Å². The molecule has 1 aliphatic carbocycles. The molecule has 16 heavy (non-hydrogen) atoms. The van der Waals surface area contributed by atoms with Gasteiger partial charge in [0.25, 0.3) is 0 Å². The van der Waals surface area contributed by atoms with Gasteiger partial charge in [-0.1, -0.05) is 0 Å². The lowest BCUT2D eigenvalue weighted by Crippen LogP contribution is -2.42. The maximum atomic E-state index is 5.43. The normalized spacial score (nSPS) is 28.6. The molecular formula is C12H18N2OS. The van der Waals surface area contributed by atoms with E-state index in [4.69, 9.17) is 9.72 Å². The molecule has 0 amide bonds. The number of nitrogens with one attached hydrogen (secondary N) is 1. The first-order valence-corrected chi connectivity index (χ1v) is 6.87. The first kappa shape index (κ1) is 10.7. The minimum Gasteiger partial charge on any atom is -0.379 e. The van der Waals surface area contributed by atoms with Crippen LogP contribution in [0.4, 0.5) is 0 Å². The first-order valence-electron chi connectivity index (χ1n) is 6.05. The number of fused-ring (bicyclic) bond motifs is 1. The van der Waals surface area contributed by atoms with Crippen LogP contribution in [0.15, 0.2) is 0 Å². The Bertz CT molecular complexity index is 361. The molecule has 1 N–H and O–H groups in total. The number of nitrogens with zero attached hydrogens (tertiary/aromatic N) is 1. The highest BCUT2D eigenvalue weighted by Gasteiger charge is 2.29. The van der Waals surface area contributed by atoms with Crippen LogP contribution < -0.4 is 5.32 Å². The van der Waals surface area contributed by atoms with Crippen molar-refractivity contribution >= 4 is 11.3 Å². The molecule has 3 nitrogen and oxygen atoms in total. The Morgan fingerprint density at radius 2 is 2.44 bits per heavy atom. The molecular weight excluding hydrogens is 220 g/mol. The van der Waals surface area contributed by atoms with E-state index in [1.807, 2.05) is 11.3 Å². The lowest BCUT2D eigenvalue weighted by molar-refractivity contribution is 0.171. The average Bonchev–Trinajstić information content (AvgIpc) is 2.89. The molecule has 1 aromatic heterocycles. The van der Waals surface area contributed by atoms with Crippen molar-refractivity contribution in [1.29, 1.82) is 0 Å². The second-order valence-electron chi connectivity index (χ2n) is 5.05. The van der Waals surface area contributed by atoms with Crippen molar-refractivity contribution in [1.82, 2.24) is 10.3 Å². The molecule has 88 valence electrons. The molecule has 2 heterocycles. The minimum absolute atomic E-state index is 0.163. The van der Waals surface area contributed by atoms with Crippen LogP contribution in [-0.4, -0.2) is 23.7 Å². The summed E-state index contributed by atoms with van der Waals surface area (Å²) in [5, 5.41) is 4.83. The molecule has 0 radical (unpaired) electrons. The van der Waals surface area contributed by atoms with E-state index < -0.39 is 0 Å².